The van der Waals surface area contributed by atoms with Crippen LogP contribution in [0.2, 0.25) is 0 Å². The van der Waals surface area contributed by atoms with E-state index in [1.54, 1.807) is 18.2 Å². The topological polar surface area (TPSA) is 174 Å². The molecule has 10 nitrogen and oxygen atoms in total. The molecular formula is C39H46N6O4. The Morgan fingerprint density at radius 2 is 1.29 bits per heavy atom. The van der Waals surface area contributed by atoms with Crippen molar-refractivity contribution in [2.75, 3.05) is 13.6 Å². The highest BCUT2D eigenvalue weighted by Crippen LogP contribution is 2.21. The summed E-state index contributed by atoms with van der Waals surface area (Å²) in [5, 5.41) is 5.70. The molecule has 4 amide bonds. The van der Waals surface area contributed by atoms with Gasteiger partial charge in [0.1, 0.15) is 18.1 Å². The van der Waals surface area contributed by atoms with Crippen LogP contribution in [0.25, 0.3) is 11.1 Å². The number of carbonyl (C=O) groups excluding carboxylic acids is 4. The van der Waals surface area contributed by atoms with Gasteiger partial charge in [-0.15, -0.1) is 0 Å². The Balaban J connectivity index is 1.64. The summed E-state index contributed by atoms with van der Waals surface area (Å²) in [6.45, 7) is 0.709. The van der Waals surface area contributed by atoms with Crippen molar-refractivity contribution in [3.63, 3.8) is 0 Å². The second kappa shape index (κ2) is 18.3. The van der Waals surface area contributed by atoms with Gasteiger partial charge in [0.05, 0.1) is 0 Å². The number of benzene rings is 4. The Morgan fingerprint density at radius 3 is 1.92 bits per heavy atom. The Morgan fingerprint density at radius 1 is 0.673 bits per heavy atom. The van der Waals surface area contributed by atoms with Gasteiger partial charge in [-0.2, -0.15) is 0 Å². The second-order valence-corrected chi connectivity index (χ2v) is 12.1. The second-order valence-electron chi connectivity index (χ2n) is 12.1. The smallest absolute Gasteiger partial charge is 0.251 e. The monoisotopic (exact) mass is 662 g/mol. The third-order valence-corrected chi connectivity index (χ3v) is 8.53. The van der Waals surface area contributed by atoms with Crippen molar-refractivity contribution in [1.82, 2.24) is 15.5 Å². The minimum absolute atomic E-state index is 0.170. The first-order chi connectivity index (χ1) is 23.7. The molecule has 0 fully saturated rings. The zero-order chi connectivity index (χ0) is 35.2. The molecule has 4 rings (SSSR count). The molecule has 0 aliphatic rings. The number of hydrogen-bond donors (Lipinski definition) is 5. The lowest BCUT2D eigenvalue weighted by molar-refractivity contribution is -0.141. The first kappa shape index (κ1) is 36.5. The van der Waals surface area contributed by atoms with Crippen molar-refractivity contribution in [2.24, 2.45) is 17.2 Å². The molecule has 0 aliphatic carbocycles. The van der Waals surface area contributed by atoms with Crippen LogP contribution in [0.4, 0.5) is 0 Å². The third kappa shape index (κ3) is 10.6. The summed E-state index contributed by atoms with van der Waals surface area (Å²) in [5.74, 6) is -2.10. The fourth-order valence-corrected chi connectivity index (χ4v) is 5.67. The molecule has 0 aliphatic heterocycles. The van der Waals surface area contributed by atoms with Crippen molar-refractivity contribution in [3.05, 3.63) is 131 Å². The van der Waals surface area contributed by atoms with Gasteiger partial charge in [0.15, 0.2) is 0 Å². The lowest BCUT2D eigenvalue weighted by Crippen LogP contribution is -2.57. The number of unbranched alkanes of at least 4 members (excludes halogenated alkanes) is 1. The van der Waals surface area contributed by atoms with Gasteiger partial charge in [0.2, 0.25) is 17.7 Å². The summed E-state index contributed by atoms with van der Waals surface area (Å²) in [4.78, 5) is 55.5. The zero-order valence-corrected chi connectivity index (χ0v) is 27.9. The maximum absolute atomic E-state index is 14.4. The number of nitrogens with one attached hydrogen (secondary N) is 2. The lowest BCUT2D eigenvalue weighted by Gasteiger charge is -2.32. The summed E-state index contributed by atoms with van der Waals surface area (Å²) in [6, 6.07) is 31.0. The van der Waals surface area contributed by atoms with E-state index in [1.165, 1.54) is 11.9 Å². The van der Waals surface area contributed by atoms with Crippen LogP contribution in [-0.2, 0) is 33.8 Å². The average Bonchev–Trinajstić information content (AvgIpc) is 3.13. The van der Waals surface area contributed by atoms with Crippen molar-refractivity contribution in [3.8, 4) is 11.1 Å². The van der Waals surface area contributed by atoms with E-state index in [1.807, 2.05) is 91.0 Å². The first-order valence-electron chi connectivity index (χ1n) is 16.5. The number of likely N-dealkylation sites (N-methyl/N-ethyl adjacent to an activating group) is 1. The molecule has 0 heterocycles. The van der Waals surface area contributed by atoms with E-state index in [-0.39, 0.29) is 19.4 Å². The largest absolute Gasteiger partial charge is 0.368 e. The third-order valence-electron chi connectivity index (χ3n) is 8.53. The van der Waals surface area contributed by atoms with E-state index < -0.39 is 41.8 Å². The van der Waals surface area contributed by atoms with Gasteiger partial charge in [-0.3, -0.25) is 19.2 Å². The van der Waals surface area contributed by atoms with E-state index >= 15 is 0 Å². The predicted molar refractivity (Wildman–Crippen MR) is 192 cm³/mol. The van der Waals surface area contributed by atoms with Crippen LogP contribution in [0.1, 0.15) is 46.3 Å². The molecule has 0 saturated heterocycles. The Bertz CT molecular complexity index is 1680. The maximum Gasteiger partial charge on any atom is 0.251 e. The van der Waals surface area contributed by atoms with Gasteiger partial charge in [-0.1, -0.05) is 97.1 Å². The highest BCUT2D eigenvalue weighted by atomic mass is 16.2. The molecule has 256 valence electrons. The Labute approximate surface area is 288 Å². The number of nitrogens with zero attached hydrogens (tertiary/aromatic N) is 1. The highest BCUT2D eigenvalue weighted by molar-refractivity contribution is 5.99. The van der Waals surface area contributed by atoms with E-state index in [0.29, 0.717) is 31.4 Å². The van der Waals surface area contributed by atoms with E-state index in [0.717, 1.165) is 27.8 Å². The summed E-state index contributed by atoms with van der Waals surface area (Å²) in [5.41, 5.74) is 21.9. The van der Waals surface area contributed by atoms with Crippen LogP contribution in [0, 0.1) is 0 Å². The van der Waals surface area contributed by atoms with Gasteiger partial charge < -0.3 is 32.7 Å². The average molecular weight is 663 g/mol. The standard InChI is InChI=1S/C39H46N6O4/c1-45(35(25-27-11-4-2-5-12-27)38(48)43-33(36(42)46)17-8-9-22-40)39(49)34(44-37(47)32-16-10-13-29(23-32)26-41)24-28-18-20-31(21-19-28)30-14-6-3-7-15-30/h2-7,10-16,18-21,23,33-35H,8-9,17,22,24-26,40-41H2,1H3,(H2,42,46)(H,43,48)(H,44,47)/t33-,34?,35?/m0/s1. The number of rotatable bonds is 17. The normalized spacial score (nSPS) is 12.7. The molecule has 8 N–H and O–H groups in total. The molecule has 0 spiro atoms. The van der Waals surface area contributed by atoms with Crippen LogP contribution < -0.4 is 27.8 Å². The summed E-state index contributed by atoms with van der Waals surface area (Å²) < 4.78 is 0. The fraction of sp³-hybridized carbons (Fsp3) is 0.282. The fourth-order valence-electron chi connectivity index (χ4n) is 5.67. The molecule has 10 heteroatoms. The molecule has 0 saturated carbocycles. The van der Waals surface area contributed by atoms with Crippen LogP contribution in [0.15, 0.2) is 109 Å². The van der Waals surface area contributed by atoms with Gasteiger partial charge in [0.25, 0.3) is 5.91 Å². The molecule has 0 aromatic heterocycles. The van der Waals surface area contributed by atoms with Crippen molar-refractivity contribution >= 4 is 23.6 Å². The lowest BCUT2D eigenvalue weighted by atomic mass is 9.98. The van der Waals surface area contributed by atoms with Gasteiger partial charge in [-0.25, -0.2) is 0 Å². The SMILES string of the molecule is CN(C(=O)C(Cc1ccc(-c2ccccc2)cc1)NC(=O)c1cccc(CN)c1)C(Cc1ccccc1)C(=O)N[C@@H](CCCCN)C(N)=O. The number of nitrogens with two attached hydrogens (primary N) is 3. The first-order valence-corrected chi connectivity index (χ1v) is 16.5. The molecule has 0 radical (unpaired) electrons. The molecule has 0 bridgehead atoms. The van der Waals surface area contributed by atoms with Crippen LogP contribution in [0.3, 0.4) is 0 Å². The van der Waals surface area contributed by atoms with Gasteiger partial charge in [0, 0.05) is 32.0 Å². The zero-order valence-electron chi connectivity index (χ0n) is 27.9. The van der Waals surface area contributed by atoms with Crippen LogP contribution in [0.5, 0.6) is 0 Å². The van der Waals surface area contributed by atoms with Crippen molar-refractivity contribution < 1.29 is 19.2 Å². The quantitative estimate of drug-likeness (QED) is 0.109. The van der Waals surface area contributed by atoms with Crippen LogP contribution >= 0.6 is 0 Å². The number of carbonyl (C=O) groups is 4. The molecule has 3 atom stereocenters. The minimum Gasteiger partial charge on any atom is -0.368 e. The summed E-state index contributed by atoms with van der Waals surface area (Å²) in [7, 11) is 1.54. The van der Waals surface area contributed by atoms with E-state index in [9.17, 15) is 19.2 Å². The predicted octanol–water partition coefficient (Wildman–Crippen LogP) is 3.32. The summed E-state index contributed by atoms with van der Waals surface area (Å²) >= 11 is 0. The van der Waals surface area contributed by atoms with Crippen molar-refractivity contribution in [1.29, 1.82) is 0 Å². The number of hydrogen-bond acceptors (Lipinski definition) is 6. The summed E-state index contributed by atoms with van der Waals surface area (Å²) in [6.07, 6.45) is 1.95. The molecule has 2 unspecified atom stereocenters. The van der Waals surface area contributed by atoms with Gasteiger partial charge in [-0.05, 0) is 65.8 Å². The minimum atomic E-state index is -1.02. The molecule has 4 aromatic rings. The molecular weight excluding hydrogens is 616 g/mol. The number of amides is 4. The van der Waals surface area contributed by atoms with E-state index in [4.69, 9.17) is 17.2 Å². The molecule has 4 aromatic carbocycles. The van der Waals surface area contributed by atoms with E-state index in [2.05, 4.69) is 10.6 Å². The molecule has 49 heavy (non-hydrogen) atoms. The van der Waals surface area contributed by atoms with Crippen molar-refractivity contribution in [2.45, 2.75) is 56.8 Å². The number of primary amides is 1. The van der Waals surface area contributed by atoms with Crippen LogP contribution in [-0.4, -0.2) is 60.2 Å². The Hall–Kier alpha value is -5.32. The van der Waals surface area contributed by atoms with Gasteiger partial charge >= 0.3 is 0 Å². The Kier molecular flexibility index (Phi) is 13.6. The maximum atomic E-state index is 14.4. The highest BCUT2D eigenvalue weighted by Gasteiger charge is 2.34.